The average molecular weight is 275 g/mol. The van der Waals surface area contributed by atoms with Gasteiger partial charge in [-0.05, 0) is 49.3 Å². The molecule has 3 rings (SSSR count). The maximum atomic E-state index is 6.41. The van der Waals surface area contributed by atoms with Gasteiger partial charge in [-0.15, -0.1) is 0 Å². The highest BCUT2D eigenvalue weighted by Crippen LogP contribution is 2.49. The molecule has 1 spiro atoms. The van der Waals surface area contributed by atoms with Gasteiger partial charge in [-0.25, -0.2) is 0 Å². The maximum absolute atomic E-state index is 6.41. The predicted octanol–water partition coefficient (Wildman–Crippen LogP) is 3.82. The van der Waals surface area contributed by atoms with Crippen molar-refractivity contribution in [3.63, 3.8) is 0 Å². The molecule has 1 aromatic rings. The number of hydrogen-bond acceptors (Lipinski definition) is 3. The van der Waals surface area contributed by atoms with Crippen LogP contribution in [0.5, 0.6) is 11.5 Å². The first-order valence-electron chi connectivity index (χ1n) is 7.56. The molecule has 3 nitrogen and oxygen atoms in total. The van der Waals surface area contributed by atoms with Gasteiger partial charge in [0.1, 0.15) is 17.1 Å². The van der Waals surface area contributed by atoms with Crippen LogP contribution in [0, 0.1) is 5.41 Å². The lowest BCUT2D eigenvalue weighted by Gasteiger charge is -2.47. The molecule has 0 bridgehead atoms. The molecule has 2 N–H and O–H groups in total. The smallest absolute Gasteiger partial charge is 0.125 e. The zero-order chi connectivity index (χ0) is 14.4. The minimum absolute atomic E-state index is 0.0451. The van der Waals surface area contributed by atoms with Crippen molar-refractivity contribution in [1.82, 2.24) is 0 Å². The summed E-state index contributed by atoms with van der Waals surface area (Å²) in [6.45, 7) is 4.70. The van der Waals surface area contributed by atoms with E-state index in [1.165, 1.54) is 12.8 Å². The molecular formula is C17H25NO2. The van der Waals surface area contributed by atoms with Gasteiger partial charge in [-0.1, -0.05) is 13.8 Å². The fourth-order valence-electron chi connectivity index (χ4n) is 3.51. The lowest BCUT2D eigenvalue weighted by atomic mass is 9.68. The highest BCUT2D eigenvalue weighted by molar-refractivity contribution is 5.44. The van der Waals surface area contributed by atoms with Crippen molar-refractivity contribution >= 4 is 0 Å². The molecule has 3 heteroatoms. The average Bonchev–Trinajstić information content (AvgIpc) is 2.43. The van der Waals surface area contributed by atoms with Crippen molar-refractivity contribution in [1.29, 1.82) is 0 Å². The first-order chi connectivity index (χ1) is 9.43. The van der Waals surface area contributed by atoms with Crippen molar-refractivity contribution in [3.05, 3.63) is 23.8 Å². The Balaban J connectivity index is 1.86. The molecule has 1 aliphatic heterocycles. The van der Waals surface area contributed by atoms with Crippen molar-refractivity contribution in [2.75, 3.05) is 7.11 Å². The molecular weight excluding hydrogens is 250 g/mol. The summed E-state index contributed by atoms with van der Waals surface area (Å²) in [4.78, 5) is 0. The first-order valence-corrected chi connectivity index (χ1v) is 7.56. The van der Waals surface area contributed by atoms with Crippen LogP contribution in [0.2, 0.25) is 0 Å². The second-order valence-corrected chi connectivity index (χ2v) is 7.16. The standard InChI is InChI=1S/C17H25NO2/c1-16(2)6-8-17(9-7-16)11-14(18)13-10-12(19-3)4-5-15(13)20-17/h4-5,10,14H,6-9,11,18H2,1-3H3. The summed E-state index contributed by atoms with van der Waals surface area (Å²) in [6, 6.07) is 6.03. The van der Waals surface area contributed by atoms with E-state index in [2.05, 4.69) is 13.8 Å². The minimum Gasteiger partial charge on any atom is -0.497 e. The number of fused-ring (bicyclic) bond motifs is 1. The highest BCUT2D eigenvalue weighted by Gasteiger charge is 2.44. The van der Waals surface area contributed by atoms with Crippen LogP contribution >= 0.6 is 0 Å². The highest BCUT2D eigenvalue weighted by atomic mass is 16.5. The summed E-state index contributed by atoms with van der Waals surface area (Å²) < 4.78 is 11.7. The van der Waals surface area contributed by atoms with Crippen LogP contribution in [0.4, 0.5) is 0 Å². The van der Waals surface area contributed by atoms with Gasteiger partial charge in [0.2, 0.25) is 0 Å². The fraction of sp³-hybridized carbons (Fsp3) is 0.647. The molecule has 1 unspecified atom stereocenters. The first kappa shape index (κ1) is 13.7. The Hall–Kier alpha value is -1.22. The molecule has 1 aliphatic carbocycles. The van der Waals surface area contributed by atoms with Gasteiger partial charge >= 0.3 is 0 Å². The van der Waals surface area contributed by atoms with Gasteiger partial charge in [0.15, 0.2) is 0 Å². The van der Waals surface area contributed by atoms with Crippen LogP contribution < -0.4 is 15.2 Å². The van der Waals surface area contributed by atoms with Crippen molar-refractivity contribution < 1.29 is 9.47 Å². The Morgan fingerprint density at radius 2 is 1.90 bits per heavy atom. The lowest BCUT2D eigenvalue weighted by molar-refractivity contribution is -0.0260. The molecule has 1 heterocycles. The van der Waals surface area contributed by atoms with E-state index in [-0.39, 0.29) is 11.6 Å². The Labute approximate surface area is 121 Å². The van der Waals surface area contributed by atoms with E-state index in [0.717, 1.165) is 36.3 Å². The number of methoxy groups -OCH3 is 1. The summed E-state index contributed by atoms with van der Waals surface area (Å²) in [6.07, 6.45) is 5.57. The van der Waals surface area contributed by atoms with E-state index in [9.17, 15) is 0 Å². The largest absolute Gasteiger partial charge is 0.497 e. The molecule has 1 atom stereocenters. The lowest BCUT2D eigenvalue weighted by Crippen LogP contribution is -2.46. The molecule has 0 radical (unpaired) electrons. The number of ether oxygens (including phenoxy) is 2. The van der Waals surface area contributed by atoms with Gasteiger partial charge in [-0.3, -0.25) is 0 Å². The van der Waals surface area contributed by atoms with E-state index < -0.39 is 0 Å². The Bertz CT molecular complexity index is 500. The molecule has 110 valence electrons. The summed E-state index contributed by atoms with van der Waals surface area (Å²) in [7, 11) is 1.68. The van der Waals surface area contributed by atoms with E-state index >= 15 is 0 Å². The van der Waals surface area contributed by atoms with Gasteiger partial charge in [0.05, 0.1) is 7.11 Å². The fourth-order valence-corrected chi connectivity index (χ4v) is 3.51. The summed E-state index contributed by atoms with van der Waals surface area (Å²) in [5.41, 5.74) is 7.89. The molecule has 0 amide bonds. The van der Waals surface area contributed by atoms with Crippen LogP contribution in [-0.4, -0.2) is 12.7 Å². The van der Waals surface area contributed by atoms with E-state index in [0.29, 0.717) is 5.41 Å². The summed E-state index contributed by atoms with van der Waals surface area (Å²) in [5, 5.41) is 0. The van der Waals surface area contributed by atoms with Crippen LogP contribution in [-0.2, 0) is 0 Å². The molecule has 1 aromatic carbocycles. The maximum Gasteiger partial charge on any atom is 0.125 e. The SMILES string of the molecule is COc1ccc2c(c1)C(N)CC1(CCC(C)(C)CC1)O2. The second-order valence-electron chi connectivity index (χ2n) is 7.16. The topological polar surface area (TPSA) is 44.5 Å². The number of benzene rings is 1. The van der Waals surface area contributed by atoms with E-state index in [4.69, 9.17) is 15.2 Å². The Morgan fingerprint density at radius 3 is 2.55 bits per heavy atom. The molecule has 1 saturated carbocycles. The zero-order valence-electron chi connectivity index (χ0n) is 12.7. The van der Waals surface area contributed by atoms with Crippen molar-refractivity contribution in [2.45, 2.75) is 57.6 Å². The third kappa shape index (κ3) is 2.39. The summed E-state index contributed by atoms with van der Waals surface area (Å²) in [5.74, 6) is 1.80. The number of rotatable bonds is 1. The van der Waals surface area contributed by atoms with Crippen molar-refractivity contribution in [2.24, 2.45) is 11.1 Å². The van der Waals surface area contributed by atoms with E-state index in [1.54, 1.807) is 7.11 Å². The Kier molecular flexibility index (Phi) is 3.20. The Morgan fingerprint density at radius 1 is 1.20 bits per heavy atom. The van der Waals surface area contributed by atoms with Gasteiger partial charge < -0.3 is 15.2 Å². The van der Waals surface area contributed by atoms with E-state index in [1.807, 2.05) is 18.2 Å². The molecule has 0 saturated heterocycles. The number of hydrogen-bond donors (Lipinski definition) is 1. The molecule has 20 heavy (non-hydrogen) atoms. The third-order valence-electron chi connectivity index (χ3n) is 5.05. The third-order valence-corrected chi connectivity index (χ3v) is 5.05. The minimum atomic E-state index is -0.0451. The predicted molar refractivity (Wildman–Crippen MR) is 80.1 cm³/mol. The quantitative estimate of drug-likeness (QED) is 0.847. The molecule has 0 aromatic heterocycles. The second kappa shape index (κ2) is 4.66. The normalized spacial score (nSPS) is 26.7. The molecule has 1 fully saturated rings. The molecule has 2 aliphatic rings. The van der Waals surface area contributed by atoms with Crippen molar-refractivity contribution in [3.8, 4) is 11.5 Å². The zero-order valence-corrected chi connectivity index (χ0v) is 12.7. The van der Waals surface area contributed by atoms with Crippen LogP contribution in [0.15, 0.2) is 18.2 Å². The van der Waals surface area contributed by atoms with Crippen LogP contribution in [0.25, 0.3) is 0 Å². The van der Waals surface area contributed by atoms with Gasteiger partial charge in [-0.2, -0.15) is 0 Å². The van der Waals surface area contributed by atoms with Gasteiger partial charge in [0, 0.05) is 18.0 Å². The van der Waals surface area contributed by atoms with Gasteiger partial charge in [0.25, 0.3) is 0 Å². The monoisotopic (exact) mass is 275 g/mol. The summed E-state index contributed by atoms with van der Waals surface area (Å²) >= 11 is 0. The number of nitrogens with two attached hydrogens (primary N) is 1. The van der Waals surface area contributed by atoms with Crippen LogP contribution in [0.1, 0.15) is 57.6 Å². The van der Waals surface area contributed by atoms with Crippen LogP contribution in [0.3, 0.4) is 0 Å².